The summed E-state index contributed by atoms with van der Waals surface area (Å²) < 4.78 is 62.4. The molecule has 1 aliphatic carbocycles. The highest BCUT2D eigenvalue weighted by atomic mass is 19.4. The van der Waals surface area contributed by atoms with Crippen molar-refractivity contribution in [1.29, 1.82) is 0 Å². The summed E-state index contributed by atoms with van der Waals surface area (Å²) in [5, 5.41) is 0. The van der Waals surface area contributed by atoms with Crippen LogP contribution in [0, 0.1) is 11.8 Å². The Kier molecular flexibility index (Phi) is 3.49. The number of nitrogens with two attached hydrogens (primary N) is 1. The molecule has 1 amide bonds. The Labute approximate surface area is 106 Å². The lowest BCUT2D eigenvalue weighted by Crippen LogP contribution is -2.51. The summed E-state index contributed by atoms with van der Waals surface area (Å²) in [4.78, 5) is 12.0. The van der Waals surface area contributed by atoms with Crippen LogP contribution in [0.5, 0.6) is 0 Å². The first-order valence-corrected chi connectivity index (χ1v) is 6.12. The maximum atomic E-state index is 13.0. The molecule has 3 nitrogen and oxygen atoms in total. The van der Waals surface area contributed by atoms with Crippen molar-refractivity contribution >= 4 is 5.91 Å². The molecule has 0 aromatic rings. The van der Waals surface area contributed by atoms with Gasteiger partial charge < -0.3 is 10.6 Å². The van der Waals surface area contributed by atoms with Gasteiger partial charge in [0.25, 0.3) is 0 Å². The third kappa shape index (κ3) is 2.54. The van der Waals surface area contributed by atoms with Crippen LogP contribution in [-0.2, 0) is 4.79 Å². The number of alkyl halides is 5. The number of rotatable bonds is 1. The van der Waals surface area contributed by atoms with Gasteiger partial charge in [-0.2, -0.15) is 22.0 Å². The zero-order valence-electron chi connectivity index (χ0n) is 10.1. The predicted octanol–water partition coefficient (Wildman–Crippen LogP) is 1.77. The number of hydrogen-bond acceptors (Lipinski definition) is 2. The Morgan fingerprint density at radius 1 is 1.05 bits per heavy atom. The highest BCUT2D eigenvalue weighted by molar-refractivity contribution is 5.84. The number of likely N-dealkylation sites (tertiary alicyclic amines) is 1. The second kappa shape index (κ2) is 4.57. The quantitative estimate of drug-likeness (QED) is 0.747. The Bertz CT molecular complexity index is 371. The van der Waals surface area contributed by atoms with Gasteiger partial charge >= 0.3 is 18.0 Å². The zero-order chi connectivity index (χ0) is 14.4. The lowest BCUT2D eigenvalue weighted by atomic mass is 9.79. The van der Waals surface area contributed by atoms with E-state index < -0.39 is 18.0 Å². The van der Waals surface area contributed by atoms with Crippen molar-refractivity contribution in [2.24, 2.45) is 17.6 Å². The molecule has 3 atom stereocenters. The van der Waals surface area contributed by atoms with E-state index in [0.29, 0.717) is 17.7 Å². The van der Waals surface area contributed by atoms with Crippen LogP contribution >= 0.6 is 0 Å². The Balaban J connectivity index is 2.07. The number of carbonyl (C=O) groups excluding carboxylic acids is 1. The standard InChI is InChI=1S/C11H15F5N2O/c12-10(13,11(14,15)16)9(19)18-4-6-1-2-8(17)3-7(6)5-18/h6-8H,1-5,17H2/t6-,7+,8?/m1/s1. The molecule has 19 heavy (non-hydrogen) atoms. The van der Waals surface area contributed by atoms with Crippen molar-refractivity contribution in [1.82, 2.24) is 4.90 Å². The molecular weight excluding hydrogens is 271 g/mol. The summed E-state index contributed by atoms with van der Waals surface area (Å²) in [7, 11) is 0. The van der Waals surface area contributed by atoms with Gasteiger partial charge in [0.15, 0.2) is 0 Å². The minimum absolute atomic E-state index is 0.00668. The minimum Gasteiger partial charge on any atom is -0.337 e. The fourth-order valence-corrected chi connectivity index (χ4v) is 2.95. The van der Waals surface area contributed by atoms with E-state index in [-0.39, 0.29) is 31.0 Å². The molecule has 8 heteroatoms. The average molecular weight is 286 g/mol. The lowest BCUT2D eigenvalue weighted by Gasteiger charge is -2.27. The van der Waals surface area contributed by atoms with E-state index in [2.05, 4.69) is 0 Å². The van der Waals surface area contributed by atoms with E-state index in [1.807, 2.05) is 0 Å². The Hall–Kier alpha value is -0.920. The molecular formula is C11H15F5N2O. The number of hydrogen-bond donors (Lipinski definition) is 1. The van der Waals surface area contributed by atoms with Crippen LogP contribution in [0.3, 0.4) is 0 Å². The Morgan fingerprint density at radius 3 is 2.21 bits per heavy atom. The molecule has 0 bridgehead atoms. The Morgan fingerprint density at radius 2 is 1.63 bits per heavy atom. The van der Waals surface area contributed by atoms with Gasteiger partial charge in [0.1, 0.15) is 0 Å². The predicted molar refractivity (Wildman–Crippen MR) is 56.4 cm³/mol. The van der Waals surface area contributed by atoms with Crippen molar-refractivity contribution < 1.29 is 26.7 Å². The summed E-state index contributed by atoms with van der Waals surface area (Å²) in [6.45, 7) is -0.0786. The second-order valence-electron chi connectivity index (χ2n) is 5.38. The van der Waals surface area contributed by atoms with Gasteiger partial charge in [-0.15, -0.1) is 0 Å². The van der Waals surface area contributed by atoms with Gasteiger partial charge in [-0.3, -0.25) is 4.79 Å². The summed E-state index contributed by atoms with van der Waals surface area (Å²) in [5.41, 5.74) is 5.74. The van der Waals surface area contributed by atoms with Gasteiger partial charge in [-0.25, -0.2) is 0 Å². The number of amides is 1. The third-order valence-corrected chi connectivity index (χ3v) is 4.00. The average Bonchev–Trinajstić information content (AvgIpc) is 2.68. The first-order valence-electron chi connectivity index (χ1n) is 6.12. The molecule has 1 unspecified atom stereocenters. The van der Waals surface area contributed by atoms with Gasteiger partial charge in [0.05, 0.1) is 0 Å². The first-order chi connectivity index (χ1) is 8.63. The summed E-state index contributed by atoms with van der Waals surface area (Å²) in [6, 6.07) is -0.0561. The van der Waals surface area contributed by atoms with Gasteiger partial charge in [-0.05, 0) is 31.1 Å². The molecule has 1 aliphatic heterocycles. The number of carbonyl (C=O) groups is 1. The highest BCUT2D eigenvalue weighted by Gasteiger charge is 2.65. The first kappa shape index (κ1) is 14.5. The number of nitrogens with zero attached hydrogens (tertiary/aromatic N) is 1. The van der Waals surface area contributed by atoms with Crippen molar-refractivity contribution in [3.63, 3.8) is 0 Å². The monoisotopic (exact) mass is 286 g/mol. The van der Waals surface area contributed by atoms with Crippen molar-refractivity contribution in [3.05, 3.63) is 0 Å². The normalized spacial score (nSPS) is 32.3. The van der Waals surface area contributed by atoms with Crippen LogP contribution in [0.15, 0.2) is 0 Å². The van der Waals surface area contributed by atoms with E-state index in [0.717, 1.165) is 6.42 Å². The molecule has 1 heterocycles. The topological polar surface area (TPSA) is 46.3 Å². The zero-order valence-corrected chi connectivity index (χ0v) is 10.1. The van der Waals surface area contributed by atoms with Crippen LogP contribution in [0.25, 0.3) is 0 Å². The van der Waals surface area contributed by atoms with Crippen LogP contribution in [-0.4, -0.2) is 42.0 Å². The molecule has 2 aliphatic rings. The van der Waals surface area contributed by atoms with Crippen LogP contribution < -0.4 is 5.73 Å². The second-order valence-corrected chi connectivity index (χ2v) is 5.38. The molecule has 0 spiro atoms. The lowest BCUT2D eigenvalue weighted by molar-refractivity contribution is -0.274. The van der Waals surface area contributed by atoms with Crippen LogP contribution in [0.4, 0.5) is 22.0 Å². The maximum Gasteiger partial charge on any atom is 0.463 e. The van der Waals surface area contributed by atoms with Crippen LogP contribution in [0.1, 0.15) is 19.3 Å². The van der Waals surface area contributed by atoms with E-state index >= 15 is 0 Å². The number of halogens is 5. The molecule has 110 valence electrons. The molecule has 0 aromatic heterocycles. The fraction of sp³-hybridized carbons (Fsp3) is 0.909. The van der Waals surface area contributed by atoms with Gasteiger partial charge in [0, 0.05) is 19.1 Å². The maximum absolute atomic E-state index is 13.0. The molecule has 2 fully saturated rings. The summed E-state index contributed by atoms with van der Waals surface area (Å²) in [5.74, 6) is -7.50. The van der Waals surface area contributed by atoms with E-state index in [4.69, 9.17) is 5.73 Å². The summed E-state index contributed by atoms with van der Waals surface area (Å²) >= 11 is 0. The fourth-order valence-electron chi connectivity index (χ4n) is 2.95. The van der Waals surface area contributed by atoms with E-state index in [1.165, 1.54) is 0 Å². The minimum atomic E-state index is -5.84. The highest BCUT2D eigenvalue weighted by Crippen LogP contribution is 2.41. The molecule has 0 radical (unpaired) electrons. The van der Waals surface area contributed by atoms with Gasteiger partial charge in [0.2, 0.25) is 0 Å². The number of fused-ring (bicyclic) bond motifs is 1. The van der Waals surface area contributed by atoms with E-state index in [1.54, 1.807) is 0 Å². The van der Waals surface area contributed by atoms with E-state index in [9.17, 15) is 26.7 Å². The molecule has 1 saturated heterocycles. The SMILES string of the molecule is NC1CC[C@@H]2CN(C(=O)C(F)(F)C(F)(F)F)C[C@@H]2C1. The van der Waals surface area contributed by atoms with Crippen molar-refractivity contribution in [2.75, 3.05) is 13.1 Å². The largest absolute Gasteiger partial charge is 0.463 e. The molecule has 1 saturated carbocycles. The molecule has 2 rings (SSSR count). The smallest absolute Gasteiger partial charge is 0.337 e. The van der Waals surface area contributed by atoms with Crippen molar-refractivity contribution in [3.8, 4) is 0 Å². The van der Waals surface area contributed by atoms with Crippen molar-refractivity contribution in [2.45, 2.75) is 37.4 Å². The molecule has 2 N–H and O–H groups in total. The summed E-state index contributed by atoms with van der Waals surface area (Å²) in [6.07, 6.45) is -3.87. The molecule has 0 aromatic carbocycles. The van der Waals surface area contributed by atoms with Gasteiger partial charge in [-0.1, -0.05) is 0 Å². The third-order valence-electron chi connectivity index (χ3n) is 4.00. The van der Waals surface area contributed by atoms with Crippen LogP contribution in [0.2, 0.25) is 0 Å².